The minimum atomic E-state index is -0.210. The summed E-state index contributed by atoms with van der Waals surface area (Å²) in [4.78, 5) is 33.5. The van der Waals surface area contributed by atoms with E-state index in [0.717, 1.165) is 25.8 Å². The number of nitrogens with two attached hydrogens (primary N) is 1. The summed E-state index contributed by atoms with van der Waals surface area (Å²) in [5, 5.41) is 0.501. The normalized spacial score (nSPS) is 26.7. The van der Waals surface area contributed by atoms with Crippen molar-refractivity contribution in [3.05, 3.63) is 39.9 Å². The van der Waals surface area contributed by atoms with Crippen LogP contribution in [-0.4, -0.2) is 39.4 Å². The van der Waals surface area contributed by atoms with Crippen LogP contribution in [0.2, 0.25) is 0 Å². The molecule has 2 unspecified atom stereocenters. The second-order valence-corrected chi connectivity index (χ2v) is 6.89. The quantitative estimate of drug-likeness (QED) is 0.827. The summed E-state index contributed by atoms with van der Waals surface area (Å²) in [5.41, 5.74) is 7.18. The summed E-state index contributed by atoms with van der Waals surface area (Å²) < 4.78 is 0. The van der Waals surface area contributed by atoms with Crippen LogP contribution in [0.1, 0.15) is 35.4 Å². The van der Waals surface area contributed by atoms with E-state index < -0.39 is 0 Å². The molecule has 3 N–H and O–H groups in total. The van der Waals surface area contributed by atoms with E-state index in [9.17, 15) is 9.59 Å². The van der Waals surface area contributed by atoms with Gasteiger partial charge >= 0.3 is 0 Å². The number of amides is 1. The predicted molar refractivity (Wildman–Crippen MR) is 87.3 cm³/mol. The molecule has 1 aliphatic heterocycles. The first kappa shape index (κ1) is 14.4. The van der Waals surface area contributed by atoms with E-state index >= 15 is 0 Å². The summed E-state index contributed by atoms with van der Waals surface area (Å²) in [6.07, 6.45) is 3.26. The monoisotopic (exact) mass is 312 g/mol. The molecule has 2 aliphatic rings. The lowest BCUT2D eigenvalue weighted by Gasteiger charge is -2.23. The molecule has 6 heteroatoms. The molecule has 6 nitrogen and oxygen atoms in total. The molecule has 1 amide bonds. The van der Waals surface area contributed by atoms with Crippen molar-refractivity contribution in [1.29, 1.82) is 0 Å². The highest BCUT2D eigenvalue weighted by Gasteiger charge is 2.47. The molecular weight excluding hydrogens is 292 g/mol. The maximum Gasteiger partial charge on any atom is 0.258 e. The average Bonchev–Trinajstić information content (AvgIpc) is 3.00. The number of nitrogens with zero attached hydrogens (tertiary/aromatic N) is 2. The Morgan fingerprint density at radius 3 is 3.09 bits per heavy atom. The molecule has 1 aromatic carbocycles. The summed E-state index contributed by atoms with van der Waals surface area (Å²) in [5.74, 6) is 0.935. The third-order valence-electron chi connectivity index (χ3n) is 5.29. The number of fused-ring (bicyclic) bond motifs is 2. The number of hydrogen-bond donors (Lipinski definition) is 2. The van der Waals surface area contributed by atoms with Gasteiger partial charge in [0.2, 0.25) is 0 Å². The standard InChI is InChI=1S/C17H20N4O2/c1-10-19-14-7-11(4-5-13(14)15(22)20-10)16(23)21-8-12-3-2-6-17(12,18)9-21/h4-5,7,12H,2-3,6,8-9,18H2,1H3,(H,19,20,22). The molecule has 1 aromatic heterocycles. The number of rotatable bonds is 1. The van der Waals surface area contributed by atoms with E-state index in [2.05, 4.69) is 9.97 Å². The van der Waals surface area contributed by atoms with Gasteiger partial charge in [-0.2, -0.15) is 0 Å². The van der Waals surface area contributed by atoms with E-state index in [1.807, 2.05) is 4.90 Å². The fraction of sp³-hybridized carbons (Fsp3) is 0.471. The highest BCUT2D eigenvalue weighted by molar-refractivity contribution is 5.98. The molecule has 0 bridgehead atoms. The minimum absolute atomic E-state index is 0.0224. The third-order valence-corrected chi connectivity index (χ3v) is 5.29. The second kappa shape index (κ2) is 4.89. The van der Waals surface area contributed by atoms with Crippen LogP contribution in [0, 0.1) is 12.8 Å². The van der Waals surface area contributed by atoms with E-state index in [1.165, 1.54) is 0 Å². The number of aromatic amines is 1. The number of hydrogen-bond acceptors (Lipinski definition) is 4. The Kier molecular flexibility index (Phi) is 3.06. The molecule has 120 valence electrons. The van der Waals surface area contributed by atoms with Crippen LogP contribution in [0.15, 0.2) is 23.0 Å². The highest BCUT2D eigenvalue weighted by atomic mass is 16.2. The summed E-state index contributed by atoms with van der Waals surface area (Å²) >= 11 is 0. The van der Waals surface area contributed by atoms with Crippen molar-refractivity contribution in [2.75, 3.05) is 13.1 Å². The molecule has 0 radical (unpaired) electrons. The number of carbonyl (C=O) groups is 1. The van der Waals surface area contributed by atoms with E-state index in [1.54, 1.807) is 25.1 Å². The summed E-state index contributed by atoms with van der Waals surface area (Å²) in [6, 6.07) is 5.08. The van der Waals surface area contributed by atoms with E-state index in [0.29, 0.717) is 34.8 Å². The van der Waals surface area contributed by atoms with Gasteiger partial charge in [0.25, 0.3) is 11.5 Å². The Balaban J connectivity index is 1.67. The van der Waals surface area contributed by atoms with Gasteiger partial charge < -0.3 is 15.6 Å². The Morgan fingerprint density at radius 2 is 2.30 bits per heavy atom. The Morgan fingerprint density at radius 1 is 1.48 bits per heavy atom. The van der Waals surface area contributed by atoms with Gasteiger partial charge in [-0.3, -0.25) is 9.59 Å². The van der Waals surface area contributed by atoms with Crippen LogP contribution >= 0.6 is 0 Å². The zero-order valence-corrected chi connectivity index (χ0v) is 13.1. The van der Waals surface area contributed by atoms with Gasteiger partial charge in [0, 0.05) is 24.2 Å². The highest BCUT2D eigenvalue weighted by Crippen LogP contribution is 2.40. The summed E-state index contributed by atoms with van der Waals surface area (Å²) in [7, 11) is 0. The Bertz CT molecular complexity index is 859. The fourth-order valence-corrected chi connectivity index (χ4v) is 4.06. The van der Waals surface area contributed by atoms with Crippen LogP contribution in [0.5, 0.6) is 0 Å². The summed E-state index contributed by atoms with van der Waals surface area (Å²) in [6.45, 7) is 3.08. The molecular formula is C17H20N4O2. The van der Waals surface area contributed by atoms with Crippen LogP contribution in [-0.2, 0) is 0 Å². The second-order valence-electron chi connectivity index (χ2n) is 6.89. The lowest BCUT2D eigenvalue weighted by Crippen LogP contribution is -2.44. The van der Waals surface area contributed by atoms with Gasteiger partial charge in [0.15, 0.2) is 0 Å². The SMILES string of the molecule is Cc1nc2cc(C(=O)N3CC4CCCC4(N)C3)ccc2c(=O)[nH]1. The van der Waals surface area contributed by atoms with Crippen LogP contribution in [0.3, 0.4) is 0 Å². The first-order valence-corrected chi connectivity index (χ1v) is 8.05. The van der Waals surface area contributed by atoms with Crippen LogP contribution in [0.25, 0.3) is 10.9 Å². The van der Waals surface area contributed by atoms with Crippen molar-refractivity contribution in [3.8, 4) is 0 Å². The topological polar surface area (TPSA) is 92.1 Å². The zero-order chi connectivity index (χ0) is 16.2. The van der Waals surface area contributed by atoms with E-state index in [-0.39, 0.29) is 17.0 Å². The van der Waals surface area contributed by atoms with Crippen LogP contribution < -0.4 is 11.3 Å². The van der Waals surface area contributed by atoms with Crippen molar-refractivity contribution < 1.29 is 4.79 Å². The molecule has 2 aromatic rings. The van der Waals surface area contributed by atoms with Gasteiger partial charge in [0.05, 0.1) is 10.9 Å². The Hall–Kier alpha value is -2.21. The van der Waals surface area contributed by atoms with Crippen molar-refractivity contribution in [2.45, 2.75) is 31.7 Å². The molecule has 4 rings (SSSR count). The lowest BCUT2D eigenvalue weighted by molar-refractivity contribution is 0.0778. The zero-order valence-electron chi connectivity index (χ0n) is 13.1. The van der Waals surface area contributed by atoms with Crippen molar-refractivity contribution in [2.24, 2.45) is 11.7 Å². The molecule has 1 saturated heterocycles. The van der Waals surface area contributed by atoms with Gasteiger partial charge in [-0.05, 0) is 43.9 Å². The number of H-pyrrole nitrogens is 1. The van der Waals surface area contributed by atoms with Crippen molar-refractivity contribution in [1.82, 2.24) is 14.9 Å². The lowest BCUT2D eigenvalue weighted by atomic mass is 9.92. The largest absolute Gasteiger partial charge is 0.336 e. The molecule has 1 aliphatic carbocycles. The molecule has 2 atom stereocenters. The minimum Gasteiger partial charge on any atom is -0.336 e. The Labute approximate surface area is 133 Å². The number of aryl methyl sites for hydroxylation is 1. The fourth-order valence-electron chi connectivity index (χ4n) is 4.06. The van der Waals surface area contributed by atoms with Gasteiger partial charge in [-0.15, -0.1) is 0 Å². The maximum atomic E-state index is 12.8. The maximum absolute atomic E-state index is 12.8. The number of benzene rings is 1. The van der Waals surface area contributed by atoms with Gasteiger partial charge in [0.1, 0.15) is 5.82 Å². The van der Waals surface area contributed by atoms with Gasteiger partial charge in [-0.1, -0.05) is 6.42 Å². The van der Waals surface area contributed by atoms with E-state index in [4.69, 9.17) is 5.73 Å². The average molecular weight is 312 g/mol. The first-order valence-electron chi connectivity index (χ1n) is 8.05. The predicted octanol–water partition coefficient (Wildman–Crippen LogP) is 1.18. The van der Waals surface area contributed by atoms with Crippen molar-refractivity contribution in [3.63, 3.8) is 0 Å². The molecule has 0 spiro atoms. The molecule has 23 heavy (non-hydrogen) atoms. The number of nitrogens with one attached hydrogen (secondary N) is 1. The smallest absolute Gasteiger partial charge is 0.258 e. The number of aromatic nitrogens is 2. The van der Waals surface area contributed by atoms with Gasteiger partial charge in [-0.25, -0.2) is 4.98 Å². The van der Waals surface area contributed by atoms with Crippen molar-refractivity contribution >= 4 is 16.8 Å². The number of likely N-dealkylation sites (tertiary alicyclic amines) is 1. The number of carbonyl (C=O) groups excluding carboxylic acids is 1. The van der Waals surface area contributed by atoms with Crippen LogP contribution in [0.4, 0.5) is 0 Å². The third kappa shape index (κ3) is 2.25. The first-order chi connectivity index (χ1) is 11.0. The molecule has 2 fully saturated rings. The molecule has 1 saturated carbocycles. The molecule has 2 heterocycles.